The Morgan fingerprint density at radius 3 is 2.71 bits per heavy atom. The van der Waals surface area contributed by atoms with Gasteiger partial charge in [0.2, 0.25) is 0 Å². The third kappa shape index (κ3) is 6.95. The van der Waals surface area contributed by atoms with Gasteiger partial charge >= 0.3 is 6.09 Å². The molecule has 0 radical (unpaired) electrons. The SMILES string of the molecule is N=c1nc(N)c(-c2cccc(Cl)c2Cl)nn1C(=O)OCCSSCCCC(=O)c1cccnc1. The molecule has 0 saturated carbocycles. The molecule has 178 valence electrons. The molecule has 34 heavy (non-hydrogen) atoms. The van der Waals surface area contributed by atoms with E-state index in [0.29, 0.717) is 33.0 Å². The van der Waals surface area contributed by atoms with Crippen molar-refractivity contribution in [1.82, 2.24) is 19.7 Å². The molecule has 0 atom stereocenters. The topological polar surface area (TPSA) is 137 Å². The molecule has 2 aromatic heterocycles. The molecule has 0 fully saturated rings. The number of rotatable bonds is 10. The van der Waals surface area contributed by atoms with E-state index in [0.717, 1.165) is 12.2 Å². The van der Waals surface area contributed by atoms with E-state index in [2.05, 4.69) is 15.1 Å². The van der Waals surface area contributed by atoms with Gasteiger partial charge in [-0.25, -0.2) is 4.79 Å². The fourth-order valence-corrected chi connectivity index (χ4v) is 5.03. The first kappa shape index (κ1) is 26.0. The fraction of sp³-hybridized carbons (Fsp3) is 0.238. The van der Waals surface area contributed by atoms with E-state index in [1.807, 2.05) is 0 Å². The maximum absolute atomic E-state index is 12.4. The van der Waals surface area contributed by atoms with E-state index in [4.69, 9.17) is 39.1 Å². The lowest BCUT2D eigenvalue weighted by atomic mass is 10.1. The van der Waals surface area contributed by atoms with Crippen LogP contribution in [0.3, 0.4) is 0 Å². The van der Waals surface area contributed by atoms with Crippen molar-refractivity contribution in [3.05, 3.63) is 64.0 Å². The highest BCUT2D eigenvalue weighted by molar-refractivity contribution is 8.76. The Morgan fingerprint density at radius 2 is 1.94 bits per heavy atom. The third-order valence-corrected chi connectivity index (χ3v) is 7.61. The lowest BCUT2D eigenvalue weighted by Crippen LogP contribution is -2.34. The quantitative estimate of drug-likeness (QED) is 0.213. The summed E-state index contributed by atoms with van der Waals surface area (Å²) >= 11 is 12.3. The Labute approximate surface area is 213 Å². The summed E-state index contributed by atoms with van der Waals surface area (Å²) in [6.07, 6.45) is 3.53. The van der Waals surface area contributed by atoms with Gasteiger partial charge in [0.25, 0.3) is 5.62 Å². The van der Waals surface area contributed by atoms with Crippen molar-refractivity contribution in [1.29, 1.82) is 5.41 Å². The number of ketones is 1. The van der Waals surface area contributed by atoms with Gasteiger partial charge in [0, 0.05) is 41.4 Å². The average molecular weight is 539 g/mol. The van der Waals surface area contributed by atoms with Crippen LogP contribution >= 0.6 is 44.8 Å². The smallest absolute Gasteiger partial charge is 0.438 e. The van der Waals surface area contributed by atoms with Crippen LogP contribution in [0.5, 0.6) is 0 Å². The molecule has 3 aromatic rings. The van der Waals surface area contributed by atoms with Crippen LogP contribution in [0.1, 0.15) is 23.2 Å². The number of benzene rings is 1. The highest BCUT2D eigenvalue weighted by Crippen LogP contribution is 2.33. The Kier molecular flexibility index (Phi) is 9.75. The number of carbonyl (C=O) groups is 2. The van der Waals surface area contributed by atoms with Crippen molar-refractivity contribution in [2.45, 2.75) is 12.8 Å². The molecule has 0 bridgehead atoms. The number of pyridine rings is 1. The minimum absolute atomic E-state index is 0.0628. The molecule has 9 nitrogen and oxygen atoms in total. The van der Waals surface area contributed by atoms with E-state index in [-0.39, 0.29) is 28.9 Å². The molecule has 13 heteroatoms. The molecular formula is C21H20Cl2N6O3S2. The summed E-state index contributed by atoms with van der Waals surface area (Å²) in [5, 5.41) is 12.5. The zero-order valence-corrected chi connectivity index (χ0v) is 20.9. The number of nitrogens with two attached hydrogens (primary N) is 1. The number of nitrogens with zero attached hydrogens (tertiary/aromatic N) is 4. The van der Waals surface area contributed by atoms with Crippen LogP contribution < -0.4 is 11.4 Å². The monoisotopic (exact) mass is 538 g/mol. The van der Waals surface area contributed by atoms with Crippen LogP contribution in [0.25, 0.3) is 11.3 Å². The zero-order valence-electron chi connectivity index (χ0n) is 17.7. The number of halogens is 2. The fourth-order valence-electron chi connectivity index (χ4n) is 2.72. The Balaban J connectivity index is 1.45. The summed E-state index contributed by atoms with van der Waals surface area (Å²) in [6.45, 7) is 0.108. The molecule has 3 N–H and O–H groups in total. The first-order chi connectivity index (χ1) is 16.4. The molecule has 0 saturated heterocycles. The van der Waals surface area contributed by atoms with E-state index < -0.39 is 11.7 Å². The Hall–Kier alpha value is -2.60. The van der Waals surface area contributed by atoms with Crippen LogP contribution in [-0.2, 0) is 4.74 Å². The minimum Gasteiger partial charge on any atom is -0.447 e. The summed E-state index contributed by atoms with van der Waals surface area (Å²) in [5.41, 5.74) is 6.53. The van der Waals surface area contributed by atoms with Gasteiger partial charge in [-0.1, -0.05) is 56.9 Å². The average Bonchev–Trinajstić information content (AvgIpc) is 2.83. The van der Waals surface area contributed by atoms with Crippen LogP contribution in [0.15, 0.2) is 42.7 Å². The number of hydrogen-bond donors (Lipinski definition) is 2. The van der Waals surface area contributed by atoms with Gasteiger partial charge in [-0.05, 0) is 24.6 Å². The van der Waals surface area contributed by atoms with Gasteiger partial charge in [0.05, 0.1) is 10.0 Å². The van der Waals surface area contributed by atoms with Gasteiger partial charge in [0.15, 0.2) is 11.6 Å². The van der Waals surface area contributed by atoms with E-state index >= 15 is 0 Å². The van der Waals surface area contributed by atoms with Crippen molar-refractivity contribution in [3.8, 4) is 11.3 Å². The van der Waals surface area contributed by atoms with E-state index in [9.17, 15) is 9.59 Å². The van der Waals surface area contributed by atoms with Crippen LogP contribution in [0, 0.1) is 5.41 Å². The molecule has 0 amide bonds. The first-order valence-electron chi connectivity index (χ1n) is 9.99. The summed E-state index contributed by atoms with van der Waals surface area (Å²) in [7, 11) is 3.11. The molecule has 1 aromatic carbocycles. The maximum atomic E-state index is 12.4. The van der Waals surface area contributed by atoms with Gasteiger partial charge in [-0.15, -0.1) is 4.68 Å². The van der Waals surface area contributed by atoms with Crippen molar-refractivity contribution in [2.24, 2.45) is 0 Å². The van der Waals surface area contributed by atoms with Crippen LogP contribution in [-0.4, -0.2) is 49.7 Å². The lowest BCUT2D eigenvalue weighted by molar-refractivity contribution is 0.0981. The largest absolute Gasteiger partial charge is 0.447 e. The third-order valence-electron chi connectivity index (χ3n) is 4.34. The predicted octanol–water partition coefficient (Wildman–Crippen LogP) is 4.74. The molecule has 0 aliphatic rings. The highest BCUT2D eigenvalue weighted by atomic mass is 35.5. The number of nitrogens with one attached hydrogen (secondary N) is 1. The lowest BCUT2D eigenvalue weighted by Gasteiger charge is -2.11. The highest BCUT2D eigenvalue weighted by Gasteiger charge is 2.17. The normalized spacial score (nSPS) is 10.8. The molecule has 3 rings (SSSR count). The standard InChI is InChI=1S/C21H20Cl2N6O3S2/c22-15-6-1-5-14(17(15)23)18-19(24)27-20(25)29(28-18)21(31)32-9-11-34-33-10-3-7-16(30)13-4-2-8-26-12-13/h1-2,4-6,8,12H,3,7,9-11H2,(H3,24,25,27). The molecular weight excluding hydrogens is 519 g/mol. The molecule has 0 aliphatic heterocycles. The number of hydrogen-bond acceptors (Lipinski definition) is 10. The number of carbonyl (C=O) groups excluding carboxylic acids is 2. The molecule has 0 aliphatic carbocycles. The second-order valence-electron chi connectivity index (χ2n) is 6.71. The number of nitrogen functional groups attached to an aromatic ring is 1. The second kappa shape index (κ2) is 12.7. The van der Waals surface area contributed by atoms with Gasteiger partial charge in [-0.2, -0.15) is 10.1 Å². The van der Waals surface area contributed by atoms with E-state index in [1.54, 1.807) is 53.5 Å². The molecule has 0 spiro atoms. The zero-order chi connectivity index (χ0) is 24.5. The maximum Gasteiger partial charge on any atom is 0.438 e. The number of anilines is 1. The summed E-state index contributed by atoms with van der Waals surface area (Å²) in [6, 6.07) is 8.39. The van der Waals surface area contributed by atoms with Crippen molar-refractivity contribution < 1.29 is 14.3 Å². The molecule has 2 heterocycles. The number of aromatic nitrogens is 4. The number of ether oxygens (including phenoxy) is 1. The van der Waals surface area contributed by atoms with E-state index in [1.165, 1.54) is 10.8 Å². The van der Waals surface area contributed by atoms with Crippen molar-refractivity contribution in [3.63, 3.8) is 0 Å². The Morgan fingerprint density at radius 1 is 1.15 bits per heavy atom. The second-order valence-corrected chi connectivity index (χ2v) is 10.2. The summed E-state index contributed by atoms with van der Waals surface area (Å²) in [4.78, 5) is 32.2. The molecule has 0 unspecified atom stereocenters. The minimum atomic E-state index is -0.857. The van der Waals surface area contributed by atoms with Gasteiger partial charge < -0.3 is 10.5 Å². The van der Waals surface area contributed by atoms with Crippen molar-refractivity contribution >= 4 is 62.5 Å². The predicted molar refractivity (Wildman–Crippen MR) is 135 cm³/mol. The van der Waals surface area contributed by atoms with Crippen molar-refractivity contribution in [2.75, 3.05) is 23.8 Å². The van der Waals surface area contributed by atoms with Crippen LogP contribution in [0.4, 0.5) is 10.6 Å². The van der Waals surface area contributed by atoms with Crippen LogP contribution in [0.2, 0.25) is 10.0 Å². The van der Waals surface area contributed by atoms with Gasteiger partial charge in [0.1, 0.15) is 12.3 Å². The summed E-state index contributed by atoms with van der Waals surface area (Å²) in [5.74, 6) is 1.31. The number of Topliss-reactive ketones (excluding diaryl/α,β-unsaturated/α-hetero) is 1. The first-order valence-corrected chi connectivity index (χ1v) is 13.2. The van der Waals surface area contributed by atoms with Gasteiger partial charge in [-0.3, -0.25) is 15.2 Å². The summed E-state index contributed by atoms with van der Waals surface area (Å²) < 4.78 is 5.92. The Bertz CT molecular complexity index is 1230.